The van der Waals surface area contributed by atoms with Gasteiger partial charge in [-0.15, -0.1) is 0 Å². The molecule has 0 radical (unpaired) electrons. The monoisotopic (exact) mass is 274 g/mol. The molecule has 4 nitrogen and oxygen atoms in total. The van der Waals surface area contributed by atoms with Crippen molar-refractivity contribution in [3.8, 4) is 0 Å². The van der Waals surface area contributed by atoms with Gasteiger partial charge in [0, 0.05) is 37.0 Å². The molecule has 1 saturated heterocycles. The number of likely N-dealkylation sites (tertiary alicyclic amines) is 1. The van der Waals surface area contributed by atoms with Crippen molar-refractivity contribution in [1.82, 2.24) is 4.90 Å². The van der Waals surface area contributed by atoms with Crippen LogP contribution in [0.1, 0.15) is 30.1 Å². The van der Waals surface area contributed by atoms with E-state index >= 15 is 0 Å². The number of ketones is 1. The highest BCUT2D eigenvalue weighted by Gasteiger charge is 2.29. The van der Waals surface area contributed by atoms with Crippen LogP contribution in [0.5, 0.6) is 0 Å². The Labute approximate surface area is 119 Å². The number of Topliss-reactive ketones (excluding diaryl/α,β-unsaturated/α-hetero) is 1. The summed E-state index contributed by atoms with van der Waals surface area (Å²) in [5, 5.41) is 0. The third-order valence-electron chi connectivity index (χ3n) is 4.01. The molecular weight excluding hydrogens is 252 g/mol. The number of carbonyl (C=O) groups is 2. The van der Waals surface area contributed by atoms with Crippen molar-refractivity contribution in [3.63, 3.8) is 0 Å². The lowest BCUT2D eigenvalue weighted by Crippen LogP contribution is -2.44. The van der Waals surface area contributed by atoms with Crippen LogP contribution < -0.4 is 5.73 Å². The van der Waals surface area contributed by atoms with E-state index in [1.807, 2.05) is 42.2 Å². The maximum absolute atomic E-state index is 12.3. The molecule has 0 aromatic heterocycles. The quantitative estimate of drug-likeness (QED) is 0.850. The van der Waals surface area contributed by atoms with Gasteiger partial charge in [-0.1, -0.05) is 37.3 Å². The number of piperidine rings is 1. The zero-order valence-corrected chi connectivity index (χ0v) is 11.9. The van der Waals surface area contributed by atoms with E-state index in [1.165, 1.54) is 0 Å². The SMILES string of the molecule is CC(CN)C(=O)N1CCC(C(=O)c2ccccc2)CC1. The van der Waals surface area contributed by atoms with Crippen LogP contribution in [-0.4, -0.2) is 36.2 Å². The number of amides is 1. The minimum absolute atomic E-state index is 0.0367. The third kappa shape index (κ3) is 3.25. The molecule has 1 unspecified atom stereocenters. The van der Waals surface area contributed by atoms with E-state index in [4.69, 9.17) is 5.73 Å². The number of hydrogen-bond acceptors (Lipinski definition) is 3. The first-order valence-electron chi connectivity index (χ1n) is 7.21. The highest BCUT2D eigenvalue weighted by atomic mass is 16.2. The van der Waals surface area contributed by atoms with Crippen LogP contribution >= 0.6 is 0 Å². The Hall–Kier alpha value is -1.68. The summed E-state index contributed by atoms with van der Waals surface area (Å²) in [5.74, 6) is 0.216. The number of rotatable bonds is 4. The Bertz CT molecular complexity index is 465. The molecule has 108 valence electrons. The van der Waals surface area contributed by atoms with Crippen molar-refractivity contribution in [2.45, 2.75) is 19.8 Å². The van der Waals surface area contributed by atoms with Gasteiger partial charge in [0.25, 0.3) is 0 Å². The summed E-state index contributed by atoms with van der Waals surface area (Å²) >= 11 is 0. The van der Waals surface area contributed by atoms with E-state index in [-0.39, 0.29) is 23.5 Å². The van der Waals surface area contributed by atoms with Gasteiger partial charge in [-0.2, -0.15) is 0 Å². The first-order chi connectivity index (χ1) is 9.63. The van der Waals surface area contributed by atoms with Crippen molar-refractivity contribution in [2.24, 2.45) is 17.6 Å². The fourth-order valence-electron chi connectivity index (χ4n) is 2.61. The molecule has 0 spiro atoms. The van der Waals surface area contributed by atoms with Gasteiger partial charge in [0.1, 0.15) is 0 Å². The summed E-state index contributed by atoms with van der Waals surface area (Å²) in [5.41, 5.74) is 6.30. The summed E-state index contributed by atoms with van der Waals surface area (Å²) in [7, 11) is 0. The van der Waals surface area contributed by atoms with Crippen LogP contribution in [-0.2, 0) is 4.79 Å². The second-order valence-corrected chi connectivity index (χ2v) is 5.47. The van der Waals surface area contributed by atoms with E-state index in [1.54, 1.807) is 0 Å². The second-order valence-electron chi connectivity index (χ2n) is 5.47. The van der Waals surface area contributed by atoms with E-state index < -0.39 is 0 Å². The summed E-state index contributed by atoms with van der Waals surface area (Å²) in [6, 6.07) is 9.39. The average Bonchev–Trinajstić information content (AvgIpc) is 2.53. The van der Waals surface area contributed by atoms with Gasteiger partial charge in [-0.25, -0.2) is 0 Å². The van der Waals surface area contributed by atoms with Crippen LogP contribution in [0.3, 0.4) is 0 Å². The summed E-state index contributed by atoms with van der Waals surface area (Å²) in [4.78, 5) is 26.2. The molecule has 2 N–H and O–H groups in total. The topological polar surface area (TPSA) is 63.4 Å². The Kier molecular flexibility index (Phi) is 4.90. The predicted octanol–water partition coefficient (Wildman–Crippen LogP) is 1.70. The number of nitrogens with zero attached hydrogens (tertiary/aromatic N) is 1. The Morgan fingerprint density at radius 2 is 1.85 bits per heavy atom. The Balaban J connectivity index is 1.92. The smallest absolute Gasteiger partial charge is 0.226 e. The van der Waals surface area contributed by atoms with Gasteiger partial charge in [-0.05, 0) is 12.8 Å². The van der Waals surface area contributed by atoms with Crippen LogP contribution in [0, 0.1) is 11.8 Å². The van der Waals surface area contributed by atoms with Crippen LogP contribution in [0.25, 0.3) is 0 Å². The van der Waals surface area contributed by atoms with Gasteiger partial charge in [0.2, 0.25) is 5.91 Å². The lowest BCUT2D eigenvalue weighted by atomic mass is 9.88. The summed E-state index contributed by atoms with van der Waals surface area (Å²) in [6.07, 6.45) is 1.49. The van der Waals surface area contributed by atoms with Gasteiger partial charge in [0.15, 0.2) is 5.78 Å². The average molecular weight is 274 g/mol. The van der Waals surface area contributed by atoms with Gasteiger partial charge < -0.3 is 10.6 Å². The molecule has 0 saturated carbocycles. The van der Waals surface area contributed by atoms with Crippen LogP contribution in [0.2, 0.25) is 0 Å². The molecule has 1 fully saturated rings. The number of benzene rings is 1. The highest BCUT2D eigenvalue weighted by molar-refractivity contribution is 5.98. The maximum atomic E-state index is 12.3. The lowest BCUT2D eigenvalue weighted by molar-refractivity contribution is -0.135. The normalized spacial score (nSPS) is 17.8. The van der Waals surface area contributed by atoms with Crippen molar-refractivity contribution in [2.75, 3.05) is 19.6 Å². The van der Waals surface area contributed by atoms with E-state index in [2.05, 4.69) is 0 Å². The molecule has 1 aliphatic heterocycles. The maximum Gasteiger partial charge on any atom is 0.226 e. The van der Waals surface area contributed by atoms with E-state index in [9.17, 15) is 9.59 Å². The molecule has 0 bridgehead atoms. The van der Waals surface area contributed by atoms with Crippen molar-refractivity contribution in [3.05, 3.63) is 35.9 Å². The zero-order chi connectivity index (χ0) is 14.5. The van der Waals surface area contributed by atoms with Gasteiger partial charge >= 0.3 is 0 Å². The molecule has 2 rings (SSSR count). The molecule has 1 aromatic rings. The second kappa shape index (κ2) is 6.66. The fourth-order valence-corrected chi connectivity index (χ4v) is 2.61. The summed E-state index contributed by atoms with van der Waals surface area (Å²) in [6.45, 7) is 3.55. The minimum Gasteiger partial charge on any atom is -0.342 e. The zero-order valence-electron chi connectivity index (χ0n) is 11.9. The largest absolute Gasteiger partial charge is 0.342 e. The number of carbonyl (C=O) groups excluding carboxylic acids is 2. The molecule has 0 aliphatic carbocycles. The molecule has 4 heteroatoms. The third-order valence-corrected chi connectivity index (χ3v) is 4.01. The van der Waals surface area contributed by atoms with Gasteiger partial charge in [0.05, 0.1) is 0 Å². The Morgan fingerprint density at radius 3 is 2.40 bits per heavy atom. The molecule has 1 heterocycles. The fraction of sp³-hybridized carbons (Fsp3) is 0.500. The predicted molar refractivity (Wildman–Crippen MR) is 78.3 cm³/mol. The standard InChI is InChI=1S/C16H22N2O2/c1-12(11-17)16(20)18-9-7-14(8-10-18)15(19)13-5-3-2-4-6-13/h2-6,12,14H,7-11,17H2,1H3. The molecule has 1 aliphatic rings. The lowest BCUT2D eigenvalue weighted by Gasteiger charge is -2.32. The highest BCUT2D eigenvalue weighted by Crippen LogP contribution is 2.22. The minimum atomic E-state index is -0.128. The number of nitrogens with two attached hydrogens (primary N) is 1. The van der Waals surface area contributed by atoms with E-state index in [0.717, 1.165) is 18.4 Å². The first-order valence-corrected chi connectivity index (χ1v) is 7.21. The number of hydrogen-bond donors (Lipinski definition) is 1. The molecule has 1 atom stereocenters. The molecular formula is C16H22N2O2. The first kappa shape index (κ1) is 14.7. The summed E-state index contributed by atoms with van der Waals surface area (Å²) < 4.78 is 0. The van der Waals surface area contributed by atoms with Crippen LogP contribution in [0.15, 0.2) is 30.3 Å². The van der Waals surface area contributed by atoms with Gasteiger partial charge in [-0.3, -0.25) is 9.59 Å². The van der Waals surface area contributed by atoms with Crippen molar-refractivity contribution in [1.29, 1.82) is 0 Å². The van der Waals surface area contributed by atoms with Crippen LogP contribution in [0.4, 0.5) is 0 Å². The van der Waals surface area contributed by atoms with Crippen molar-refractivity contribution >= 4 is 11.7 Å². The van der Waals surface area contributed by atoms with Crippen molar-refractivity contribution < 1.29 is 9.59 Å². The Morgan fingerprint density at radius 1 is 1.25 bits per heavy atom. The molecule has 1 aromatic carbocycles. The molecule has 1 amide bonds. The van der Waals surface area contributed by atoms with E-state index in [0.29, 0.717) is 19.6 Å². The molecule has 20 heavy (non-hydrogen) atoms.